The maximum atomic E-state index is 13.3. The Morgan fingerprint density at radius 1 is 1.11 bits per heavy atom. The molecule has 7 heteroatoms. The number of benzene rings is 2. The van der Waals surface area contributed by atoms with E-state index in [1.165, 1.54) is 18.6 Å². The zero-order chi connectivity index (χ0) is 20.1. The molecule has 1 saturated carbocycles. The van der Waals surface area contributed by atoms with E-state index in [2.05, 4.69) is 5.32 Å². The molecule has 0 saturated heterocycles. The number of carbonyl (C=O) groups is 1. The number of hydrogen-bond donors (Lipinski definition) is 1. The number of nitrogens with one attached hydrogen (secondary N) is 1. The van der Waals surface area contributed by atoms with Crippen LogP contribution in [0.25, 0.3) is 0 Å². The number of amides is 1. The predicted molar refractivity (Wildman–Crippen MR) is 112 cm³/mol. The highest BCUT2D eigenvalue weighted by atomic mass is 35.5. The van der Waals surface area contributed by atoms with Crippen LogP contribution in [-0.2, 0) is 14.8 Å². The van der Waals surface area contributed by atoms with Gasteiger partial charge in [-0.25, -0.2) is 8.42 Å². The Balaban J connectivity index is 1.90. The van der Waals surface area contributed by atoms with E-state index in [0.29, 0.717) is 10.7 Å². The molecule has 0 aromatic heterocycles. The molecule has 0 aliphatic heterocycles. The average Bonchev–Trinajstić information content (AvgIpc) is 2.70. The van der Waals surface area contributed by atoms with Crippen molar-refractivity contribution in [3.63, 3.8) is 0 Å². The summed E-state index contributed by atoms with van der Waals surface area (Å²) in [6.45, 7) is 1.56. The Labute approximate surface area is 171 Å². The molecule has 0 bridgehead atoms. The van der Waals surface area contributed by atoms with E-state index in [1.807, 2.05) is 6.92 Å². The van der Waals surface area contributed by atoms with Crippen molar-refractivity contribution in [1.29, 1.82) is 0 Å². The summed E-state index contributed by atoms with van der Waals surface area (Å²) in [5, 5.41) is 3.45. The first-order valence-electron chi connectivity index (χ1n) is 9.51. The lowest BCUT2D eigenvalue weighted by Gasteiger charge is -2.27. The summed E-state index contributed by atoms with van der Waals surface area (Å²) < 4.78 is 27.6. The summed E-state index contributed by atoms with van der Waals surface area (Å²) in [6.07, 6.45) is 5.24. The molecule has 1 aliphatic carbocycles. The van der Waals surface area contributed by atoms with Crippen LogP contribution in [0.1, 0.15) is 37.7 Å². The molecule has 3 rings (SSSR count). The van der Waals surface area contributed by atoms with Gasteiger partial charge in [-0.3, -0.25) is 9.10 Å². The van der Waals surface area contributed by atoms with Crippen molar-refractivity contribution in [2.75, 3.05) is 10.8 Å². The Morgan fingerprint density at radius 3 is 2.43 bits per heavy atom. The number of halogens is 1. The summed E-state index contributed by atoms with van der Waals surface area (Å²) in [4.78, 5) is 12.8. The molecule has 0 radical (unpaired) electrons. The first kappa shape index (κ1) is 20.7. The smallest absolute Gasteiger partial charge is 0.264 e. The monoisotopic (exact) mass is 420 g/mol. The van der Waals surface area contributed by atoms with Gasteiger partial charge in [0.1, 0.15) is 6.54 Å². The van der Waals surface area contributed by atoms with E-state index in [-0.39, 0.29) is 23.4 Å². The molecule has 150 valence electrons. The highest BCUT2D eigenvalue weighted by Gasteiger charge is 2.28. The molecule has 0 atom stereocenters. The van der Waals surface area contributed by atoms with E-state index < -0.39 is 10.0 Å². The summed E-state index contributed by atoms with van der Waals surface area (Å²) >= 11 is 6.22. The molecule has 28 heavy (non-hydrogen) atoms. The second-order valence-electron chi connectivity index (χ2n) is 7.16. The third-order valence-electron chi connectivity index (χ3n) is 5.03. The fourth-order valence-electron chi connectivity index (χ4n) is 3.42. The lowest BCUT2D eigenvalue weighted by atomic mass is 9.95. The van der Waals surface area contributed by atoms with Crippen LogP contribution in [0.2, 0.25) is 5.02 Å². The topological polar surface area (TPSA) is 66.5 Å². The van der Waals surface area contributed by atoms with Gasteiger partial charge in [0.2, 0.25) is 5.91 Å². The molecule has 0 spiro atoms. The van der Waals surface area contributed by atoms with Crippen molar-refractivity contribution in [3.05, 3.63) is 59.1 Å². The highest BCUT2D eigenvalue weighted by Crippen LogP contribution is 2.28. The normalized spacial score (nSPS) is 15.2. The third kappa shape index (κ3) is 4.86. The van der Waals surface area contributed by atoms with Gasteiger partial charge in [0.25, 0.3) is 10.0 Å². The molecule has 1 N–H and O–H groups in total. The van der Waals surface area contributed by atoms with Crippen molar-refractivity contribution in [2.24, 2.45) is 0 Å². The Kier molecular flexibility index (Phi) is 6.62. The minimum Gasteiger partial charge on any atom is -0.352 e. The molecule has 1 fully saturated rings. The van der Waals surface area contributed by atoms with Gasteiger partial charge in [-0.1, -0.05) is 55.1 Å². The fourth-order valence-corrected chi connectivity index (χ4v) is 5.03. The van der Waals surface area contributed by atoms with Crippen molar-refractivity contribution in [2.45, 2.75) is 50.0 Å². The maximum absolute atomic E-state index is 13.3. The third-order valence-corrected chi connectivity index (χ3v) is 7.23. The molecular weight excluding hydrogens is 396 g/mol. The zero-order valence-corrected chi connectivity index (χ0v) is 17.5. The minimum absolute atomic E-state index is 0.115. The number of carbonyl (C=O) groups excluding carboxylic acids is 1. The number of sulfonamides is 1. The number of rotatable bonds is 6. The van der Waals surface area contributed by atoms with E-state index in [4.69, 9.17) is 11.6 Å². The lowest BCUT2D eigenvalue weighted by molar-refractivity contribution is -0.120. The van der Waals surface area contributed by atoms with Gasteiger partial charge in [0.05, 0.1) is 10.6 Å². The summed E-state index contributed by atoms with van der Waals surface area (Å²) in [7, 11) is -3.91. The molecule has 2 aromatic carbocycles. The summed E-state index contributed by atoms with van der Waals surface area (Å²) in [5.74, 6) is -0.303. The number of aryl methyl sites for hydroxylation is 1. The van der Waals surface area contributed by atoms with Crippen molar-refractivity contribution in [1.82, 2.24) is 5.32 Å². The zero-order valence-electron chi connectivity index (χ0n) is 15.9. The Morgan fingerprint density at radius 2 is 1.79 bits per heavy atom. The van der Waals surface area contributed by atoms with Crippen LogP contribution in [-0.4, -0.2) is 26.9 Å². The molecule has 2 aromatic rings. The van der Waals surface area contributed by atoms with Crippen LogP contribution < -0.4 is 9.62 Å². The van der Waals surface area contributed by atoms with Crippen LogP contribution in [0.4, 0.5) is 5.69 Å². The summed E-state index contributed by atoms with van der Waals surface area (Å²) in [5.41, 5.74) is 1.22. The molecule has 1 aliphatic rings. The Bertz CT molecular complexity index is 926. The van der Waals surface area contributed by atoms with Crippen LogP contribution in [0.5, 0.6) is 0 Å². The minimum atomic E-state index is -3.91. The number of hydrogen-bond acceptors (Lipinski definition) is 3. The van der Waals surface area contributed by atoms with E-state index in [1.54, 1.807) is 36.4 Å². The maximum Gasteiger partial charge on any atom is 0.264 e. The molecule has 1 amide bonds. The van der Waals surface area contributed by atoms with E-state index in [0.717, 1.165) is 35.6 Å². The molecular formula is C21H25ClN2O3S. The largest absolute Gasteiger partial charge is 0.352 e. The molecule has 0 heterocycles. The predicted octanol–water partition coefficient (Wildman–Crippen LogP) is 4.29. The average molecular weight is 421 g/mol. The van der Waals surface area contributed by atoms with Gasteiger partial charge in [-0.05, 0) is 49.6 Å². The standard InChI is InChI=1S/C21H25ClN2O3S/c1-16-12-13-18(14-20(16)22)24(28(26,27)19-10-6-3-7-11-19)15-21(25)23-17-8-4-2-5-9-17/h3,6-7,10-14,17H,2,4-5,8-9,15H2,1H3,(H,23,25). The van der Waals surface area contributed by atoms with Crippen molar-refractivity contribution in [3.8, 4) is 0 Å². The SMILES string of the molecule is Cc1ccc(N(CC(=O)NC2CCCCC2)S(=O)(=O)c2ccccc2)cc1Cl. The van der Waals surface area contributed by atoms with Crippen LogP contribution >= 0.6 is 11.6 Å². The first-order valence-corrected chi connectivity index (χ1v) is 11.3. The van der Waals surface area contributed by atoms with Crippen molar-refractivity contribution >= 4 is 33.2 Å². The lowest BCUT2D eigenvalue weighted by Crippen LogP contribution is -2.44. The van der Waals surface area contributed by atoms with Crippen molar-refractivity contribution < 1.29 is 13.2 Å². The fraction of sp³-hybridized carbons (Fsp3) is 0.381. The molecule has 5 nitrogen and oxygen atoms in total. The van der Waals surface area contributed by atoms with Crippen LogP contribution in [0.15, 0.2) is 53.4 Å². The highest BCUT2D eigenvalue weighted by molar-refractivity contribution is 7.92. The first-order chi connectivity index (χ1) is 13.4. The second-order valence-corrected chi connectivity index (χ2v) is 9.43. The van der Waals surface area contributed by atoms with E-state index >= 15 is 0 Å². The van der Waals surface area contributed by atoms with Gasteiger partial charge >= 0.3 is 0 Å². The number of nitrogens with zero attached hydrogens (tertiary/aromatic N) is 1. The second kappa shape index (κ2) is 8.97. The van der Waals surface area contributed by atoms with Gasteiger partial charge in [0.15, 0.2) is 0 Å². The van der Waals surface area contributed by atoms with Gasteiger partial charge in [-0.15, -0.1) is 0 Å². The van der Waals surface area contributed by atoms with Gasteiger partial charge < -0.3 is 5.32 Å². The Hall–Kier alpha value is -2.05. The van der Waals surface area contributed by atoms with Gasteiger partial charge in [0, 0.05) is 11.1 Å². The van der Waals surface area contributed by atoms with E-state index in [9.17, 15) is 13.2 Å². The van der Waals surface area contributed by atoms with Crippen LogP contribution in [0.3, 0.4) is 0 Å². The molecule has 0 unspecified atom stereocenters. The quantitative estimate of drug-likeness (QED) is 0.757. The summed E-state index contributed by atoms with van der Waals surface area (Å²) in [6, 6.07) is 13.3. The van der Waals surface area contributed by atoms with Gasteiger partial charge in [-0.2, -0.15) is 0 Å². The van der Waals surface area contributed by atoms with Crippen LogP contribution in [0, 0.1) is 6.92 Å². The number of anilines is 1.